The van der Waals surface area contributed by atoms with Crippen molar-refractivity contribution in [3.63, 3.8) is 0 Å². The van der Waals surface area contributed by atoms with Crippen molar-refractivity contribution in [3.05, 3.63) is 70.6 Å². The molecule has 0 saturated carbocycles. The zero-order valence-electron chi connectivity index (χ0n) is 14.3. The zero-order chi connectivity index (χ0) is 17.1. The summed E-state index contributed by atoms with van der Waals surface area (Å²) >= 11 is 0. The summed E-state index contributed by atoms with van der Waals surface area (Å²) in [7, 11) is 0. The summed E-state index contributed by atoms with van der Waals surface area (Å²) in [5, 5.41) is 8.77. The Balaban J connectivity index is 2.14. The van der Waals surface area contributed by atoms with Gasteiger partial charge in [0.05, 0.1) is 17.1 Å². The summed E-state index contributed by atoms with van der Waals surface area (Å²) in [5.74, 6) is 0. The van der Waals surface area contributed by atoms with E-state index in [1.54, 1.807) is 6.20 Å². The van der Waals surface area contributed by atoms with E-state index in [1.807, 2.05) is 43.5 Å². The number of pyridine rings is 1. The Kier molecular flexibility index (Phi) is 4.52. The van der Waals surface area contributed by atoms with Crippen molar-refractivity contribution in [1.82, 2.24) is 4.98 Å². The van der Waals surface area contributed by atoms with Gasteiger partial charge in [-0.2, -0.15) is 0 Å². The van der Waals surface area contributed by atoms with Gasteiger partial charge in [-0.25, -0.2) is 0 Å². The van der Waals surface area contributed by atoms with Gasteiger partial charge in [0.25, 0.3) is 0 Å². The molecule has 3 heteroatoms. The highest BCUT2D eigenvalue weighted by molar-refractivity contribution is 6.15. The molecule has 3 nitrogen and oxygen atoms in total. The lowest BCUT2D eigenvalue weighted by Crippen LogP contribution is -2.07. The highest BCUT2D eigenvalue weighted by atomic mass is 14.8. The quantitative estimate of drug-likeness (QED) is 0.763. The summed E-state index contributed by atoms with van der Waals surface area (Å²) in [6, 6.07) is 8.01. The van der Waals surface area contributed by atoms with Crippen LogP contribution in [0.5, 0.6) is 0 Å². The van der Waals surface area contributed by atoms with Crippen molar-refractivity contribution in [2.45, 2.75) is 27.2 Å². The standard InChI is InChI=1S/C21H21N3/c1-4-14(2)16-8-7-9-17(15(16)3)20(22)18-11-13-23-19-10-5-6-12-24-21(18)19/h4-5,7-13,22H,6H2,1-3H3/b14-4+,22-20?. The van der Waals surface area contributed by atoms with Crippen LogP contribution in [0, 0.1) is 12.3 Å². The largest absolute Gasteiger partial charge is 0.300 e. The van der Waals surface area contributed by atoms with E-state index in [-0.39, 0.29) is 0 Å². The average Bonchev–Trinajstić information content (AvgIpc) is 2.86. The molecule has 1 aliphatic heterocycles. The van der Waals surface area contributed by atoms with Gasteiger partial charge in [0.15, 0.2) is 0 Å². The minimum atomic E-state index is 0.490. The Morgan fingerprint density at radius 1 is 1.17 bits per heavy atom. The van der Waals surface area contributed by atoms with Gasteiger partial charge < -0.3 is 0 Å². The molecule has 0 atom stereocenters. The van der Waals surface area contributed by atoms with E-state index in [1.165, 1.54) is 11.1 Å². The van der Waals surface area contributed by atoms with E-state index in [0.29, 0.717) is 5.71 Å². The topological polar surface area (TPSA) is 49.1 Å². The van der Waals surface area contributed by atoms with E-state index in [4.69, 9.17) is 5.41 Å². The van der Waals surface area contributed by atoms with Crippen molar-refractivity contribution in [1.29, 1.82) is 5.41 Å². The van der Waals surface area contributed by atoms with Crippen molar-refractivity contribution < 1.29 is 0 Å². The molecule has 1 N–H and O–H groups in total. The normalized spacial score (nSPS) is 13.5. The SMILES string of the molecule is C/C=C(\C)c1cccc(C(=N)c2ccnc3c2N=CCC=C3)c1C. The number of aromatic nitrogens is 1. The third-order valence-electron chi connectivity index (χ3n) is 4.42. The van der Waals surface area contributed by atoms with Gasteiger partial charge in [-0.1, -0.05) is 30.4 Å². The molecule has 0 bridgehead atoms. The molecule has 0 amide bonds. The zero-order valence-corrected chi connectivity index (χ0v) is 14.3. The Hall–Kier alpha value is -2.81. The van der Waals surface area contributed by atoms with Gasteiger partial charge in [-0.3, -0.25) is 15.4 Å². The number of nitrogens with zero attached hydrogens (tertiary/aromatic N) is 2. The Bertz CT molecular complexity index is 886. The third-order valence-corrected chi connectivity index (χ3v) is 4.42. The fraction of sp³-hybridized carbons (Fsp3) is 0.190. The highest BCUT2D eigenvalue weighted by Crippen LogP contribution is 2.30. The number of hydrogen-bond donors (Lipinski definition) is 1. The maximum Gasteiger partial charge on any atom is 0.0976 e. The van der Waals surface area contributed by atoms with Gasteiger partial charge in [-0.05, 0) is 49.6 Å². The molecule has 0 fully saturated rings. The minimum Gasteiger partial charge on any atom is -0.300 e. The monoisotopic (exact) mass is 315 g/mol. The van der Waals surface area contributed by atoms with Gasteiger partial charge in [0, 0.05) is 30.0 Å². The molecule has 1 aromatic heterocycles. The molecule has 24 heavy (non-hydrogen) atoms. The van der Waals surface area contributed by atoms with Crippen LogP contribution in [0.1, 0.15) is 48.2 Å². The maximum atomic E-state index is 8.77. The van der Waals surface area contributed by atoms with E-state index in [2.05, 4.69) is 36.0 Å². The van der Waals surface area contributed by atoms with Crippen molar-refractivity contribution in [2.75, 3.05) is 0 Å². The highest BCUT2D eigenvalue weighted by Gasteiger charge is 2.16. The Labute approximate surface area is 143 Å². The lowest BCUT2D eigenvalue weighted by Gasteiger charge is -2.14. The summed E-state index contributed by atoms with van der Waals surface area (Å²) < 4.78 is 0. The summed E-state index contributed by atoms with van der Waals surface area (Å²) in [6.07, 6.45) is 10.5. The molecule has 120 valence electrons. The van der Waals surface area contributed by atoms with Gasteiger partial charge in [0.1, 0.15) is 0 Å². The second-order valence-electron chi connectivity index (χ2n) is 5.87. The smallest absolute Gasteiger partial charge is 0.0976 e. The number of allylic oxidation sites excluding steroid dienone is 3. The van der Waals surface area contributed by atoms with Crippen LogP contribution in [-0.2, 0) is 0 Å². The van der Waals surface area contributed by atoms with Crippen molar-refractivity contribution in [2.24, 2.45) is 4.99 Å². The lowest BCUT2D eigenvalue weighted by molar-refractivity contribution is 1.26. The lowest BCUT2D eigenvalue weighted by atomic mass is 9.91. The van der Waals surface area contributed by atoms with Crippen LogP contribution in [-0.4, -0.2) is 16.9 Å². The first-order chi connectivity index (χ1) is 11.6. The first-order valence-electron chi connectivity index (χ1n) is 8.13. The summed E-state index contributed by atoms with van der Waals surface area (Å²) in [6.45, 7) is 6.22. The van der Waals surface area contributed by atoms with Crippen molar-refractivity contribution in [3.8, 4) is 0 Å². The molecule has 1 aliphatic rings. The molecule has 0 saturated heterocycles. The van der Waals surface area contributed by atoms with Gasteiger partial charge in [0.2, 0.25) is 0 Å². The number of hydrogen-bond acceptors (Lipinski definition) is 3. The predicted molar refractivity (Wildman–Crippen MR) is 102 cm³/mol. The minimum absolute atomic E-state index is 0.490. The van der Waals surface area contributed by atoms with Crippen LogP contribution in [0.3, 0.4) is 0 Å². The first kappa shape index (κ1) is 16.1. The summed E-state index contributed by atoms with van der Waals surface area (Å²) in [5.41, 5.74) is 7.38. The average molecular weight is 315 g/mol. The summed E-state index contributed by atoms with van der Waals surface area (Å²) in [4.78, 5) is 8.93. The van der Waals surface area contributed by atoms with Crippen LogP contribution in [0.25, 0.3) is 11.6 Å². The molecule has 0 radical (unpaired) electrons. The molecule has 0 unspecified atom stereocenters. The second kappa shape index (κ2) is 6.75. The molecule has 2 heterocycles. The molecular weight excluding hydrogens is 294 g/mol. The molecular formula is C21H21N3. The molecule has 0 aliphatic carbocycles. The van der Waals surface area contributed by atoms with Crippen LogP contribution in [0.2, 0.25) is 0 Å². The van der Waals surface area contributed by atoms with E-state index < -0.39 is 0 Å². The molecule has 0 spiro atoms. The molecule has 2 aromatic rings. The maximum absolute atomic E-state index is 8.77. The predicted octanol–water partition coefficient (Wildman–Crippen LogP) is 5.35. The Morgan fingerprint density at radius 3 is 2.75 bits per heavy atom. The third kappa shape index (κ3) is 2.85. The molecule has 3 rings (SSSR count). The number of benzene rings is 1. The number of nitrogens with one attached hydrogen (secondary N) is 1. The molecule has 1 aromatic carbocycles. The fourth-order valence-corrected chi connectivity index (χ4v) is 2.95. The van der Waals surface area contributed by atoms with E-state index in [9.17, 15) is 0 Å². The van der Waals surface area contributed by atoms with Crippen LogP contribution in [0.15, 0.2) is 47.6 Å². The van der Waals surface area contributed by atoms with Crippen LogP contribution in [0.4, 0.5) is 5.69 Å². The first-order valence-corrected chi connectivity index (χ1v) is 8.13. The fourth-order valence-electron chi connectivity index (χ4n) is 2.95. The van der Waals surface area contributed by atoms with Crippen LogP contribution < -0.4 is 0 Å². The van der Waals surface area contributed by atoms with E-state index in [0.717, 1.165) is 34.5 Å². The number of fused-ring (bicyclic) bond motifs is 1. The van der Waals surface area contributed by atoms with Crippen LogP contribution >= 0.6 is 0 Å². The second-order valence-corrected chi connectivity index (χ2v) is 5.87. The number of rotatable bonds is 3. The number of aliphatic imine (C=N–C) groups is 1. The van der Waals surface area contributed by atoms with Gasteiger partial charge >= 0.3 is 0 Å². The Morgan fingerprint density at radius 2 is 1.96 bits per heavy atom. The van der Waals surface area contributed by atoms with Gasteiger partial charge in [-0.15, -0.1) is 0 Å². The van der Waals surface area contributed by atoms with E-state index >= 15 is 0 Å². The van der Waals surface area contributed by atoms with Crippen molar-refractivity contribution >= 4 is 29.3 Å².